The van der Waals surface area contributed by atoms with Gasteiger partial charge in [-0.15, -0.1) is 0 Å². The summed E-state index contributed by atoms with van der Waals surface area (Å²) in [7, 11) is 0. The van der Waals surface area contributed by atoms with E-state index in [0.717, 1.165) is 44.2 Å². The lowest BCUT2D eigenvalue weighted by molar-refractivity contribution is 0.0336. The first-order valence-electron chi connectivity index (χ1n) is 5.86. The van der Waals surface area contributed by atoms with Crippen molar-refractivity contribution in [1.29, 1.82) is 0 Å². The van der Waals surface area contributed by atoms with Crippen molar-refractivity contribution < 1.29 is 4.74 Å². The number of hydrogen-bond acceptors (Lipinski definition) is 4. The highest BCUT2D eigenvalue weighted by molar-refractivity contribution is 5.06. The molecule has 0 spiro atoms. The zero-order valence-corrected chi connectivity index (χ0v) is 10.0. The first-order valence-corrected chi connectivity index (χ1v) is 5.86. The summed E-state index contributed by atoms with van der Waals surface area (Å²) in [5.41, 5.74) is 2.14. The molecule has 0 radical (unpaired) electrons. The summed E-state index contributed by atoms with van der Waals surface area (Å²) < 4.78 is 5.32. The molecule has 1 aromatic heterocycles. The molecule has 2 rings (SSSR count). The van der Waals surface area contributed by atoms with E-state index in [0.29, 0.717) is 5.92 Å². The molecule has 1 fully saturated rings. The number of rotatable bonds is 3. The molecule has 0 aliphatic carbocycles. The van der Waals surface area contributed by atoms with Crippen LogP contribution in [0.2, 0.25) is 0 Å². The lowest BCUT2D eigenvalue weighted by Gasteiger charge is -2.26. The van der Waals surface area contributed by atoms with Gasteiger partial charge in [-0.2, -0.15) is 0 Å². The topological polar surface area (TPSA) is 38.2 Å². The van der Waals surface area contributed by atoms with Crippen LogP contribution in [0.5, 0.6) is 0 Å². The number of nitrogens with zero attached hydrogens (tertiary/aromatic N) is 3. The molecule has 0 bridgehead atoms. The first-order chi connectivity index (χ1) is 7.75. The minimum Gasteiger partial charge on any atom is -0.379 e. The second kappa shape index (κ2) is 5.37. The summed E-state index contributed by atoms with van der Waals surface area (Å²) in [6.07, 6.45) is 3.72. The van der Waals surface area contributed by atoms with Crippen molar-refractivity contribution in [3.8, 4) is 0 Å². The van der Waals surface area contributed by atoms with Crippen LogP contribution in [0.25, 0.3) is 0 Å². The van der Waals surface area contributed by atoms with Crippen LogP contribution in [-0.4, -0.2) is 41.2 Å². The normalized spacial score (nSPS) is 17.9. The molecule has 0 atom stereocenters. The molecule has 1 aromatic rings. The average Bonchev–Trinajstić information content (AvgIpc) is 2.30. The molecule has 0 aromatic carbocycles. The third kappa shape index (κ3) is 3.00. The van der Waals surface area contributed by atoms with Gasteiger partial charge in [0.25, 0.3) is 0 Å². The Morgan fingerprint density at radius 2 is 2.06 bits per heavy atom. The summed E-state index contributed by atoms with van der Waals surface area (Å²) in [6.45, 7) is 8.82. The minimum absolute atomic E-state index is 0.442. The fourth-order valence-corrected chi connectivity index (χ4v) is 1.77. The van der Waals surface area contributed by atoms with Crippen LogP contribution in [0.1, 0.15) is 31.2 Å². The van der Waals surface area contributed by atoms with E-state index in [-0.39, 0.29) is 0 Å². The minimum atomic E-state index is 0.442. The molecule has 4 heteroatoms. The molecule has 2 heterocycles. The monoisotopic (exact) mass is 221 g/mol. The van der Waals surface area contributed by atoms with Gasteiger partial charge in [0.15, 0.2) is 0 Å². The molecule has 0 amide bonds. The Bertz CT molecular complexity index is 335. The highest BCUT2D eigenvalue weighted by Gasteiger charge is 2.12. The van der Waals surface area contributed by atoms with E-state index in [2.05, 4.69) is 28.7 Å². The van der Waals surface area contributed by atoms with Crippen molar-refractivity contribution in [1.82, 2.24) is 14.9 Å². The van der Waals surface area contributed by atoms with E-state index in [1.165, 1.54) is 0 Å². The van der Waals surface area contributed by atoms with E-state index < -0.39 is 0 Å². The molecule has 1 saturated heterocycles. The van der Waals surface area contributed by atoms with Crippen LogP contribution >= 0.6 is 0 Å². The van der Waals surface area contributed by atoms with Gasteiger partial charge in [-0.3, -0.25) is 14.9 Å². The molecule has 0 unspecified atom stereocenters. The predicted octanol–water partition coefficient (Wildman–Crippen LogP) is 1.43. The van der Waals surface area contributed by atoms with Crippen LogP contribution in [-0.2, 0) is 11.3 Å². The van der Waals surface area contributed by atoms with Gasteiger partial charge in [0.2, 0.25) is 0 Å². The van der Waals surface area contributed by atoms with Crippen molar-refractivity contribution in [2.75, 3.05) is 26.3 Å². The van der Waals surface area contributed by atoms with Gasteiger partial charge in [0, 0.05) is 32.0 Å². The van der Waals surface area contributed by atoms with Crippen LogP contribution in [0, 0.1) is 0 Å². The summed E-state index contributed by atoms with van der Waals surface area (Å²) in [5, 5.41) is 0. The quantitative estimate of drug-likeness (QED) is 0.774. The van der Waals surface area contributed by atoms with Gasteiger partial charge < -0.3 is 4.74 Å². The summed E-state index contributed by atoms with van der Waals surface area (Å²) >= 11 is 0. The molecule has 1 aliphatic heterocycles. The van der Waals surface area contributed by atoms with Crippen molar-refractivity contribution in [2.24, 2.45) is 0 Å². The van der Waals surface area contributed by atoms with E-state index in [4.69, 9.17) is 4.74 Å². The zero-order valence-electron chi connectivity index (χ0n) is 10.0. The van der Waals surface area contributed by atoms with Crippen LogP contribution < -0.4 is 0 Å². The highest BCUT2D eigenvalue weighted by atomic mass is 16.5. The predicted molar refractivity (Wildman–Crippen MR) is 62.2 cm³/mol. The average molecular weight is 221 g/mol. The number of ether oxygens (including phenoxy) is 1. The van der Waals surface area contributed by atoms with Crippen LogP contribution in [0.3, 0.4) is 0 Å². The van der Waals surface area contributed by atoms with Crippen LogP contribution in [0.4, 0.5) is 0 Å². The Kier molecular flexibility index (Phi) is 3.85. The van der Waals surface area contributed by atoms with Crippen molar-refractivity contribution in [3.63, 3.8) is 0 Å². The Labute approximate surface area is 96.7 Å². The zero-order chi connectivity index (χ0) is 11.4. The molecule has 16 heavy (non-hydrogen) atoms. The summed E-state index contributed by atoms with van der Waals surface area (Å²) in [6, 6.07) is 0. The van der Waals surface area contributed by atoms with Crippen LogP contribution in [0.15, 0.2) is 12.4 Å². The Hall–Kier alpha value is -1.00. The maximum Gasteiger partial charge on any atom is 0.0730 e. The molecule has 1 aliphatic rings. The molecule has 4 nitrogen and oxygen atoms in total. The molecular formula is C12H19N3O. The van der Waals surface area contributed by atoms with Gasteiger partial charge in [0.1, 0.15) is 0 Å². The summed E-state index contributed by atoms with van der Waals surface area (Å²) in [5.74, 6) is 0.442. The van der Waals surface area contributed by atoms with E-state index in [1.807, 2.05) is 12.4 Å². The second-order valence-electron chi connectivity index (χ2n) is 4.48. The lowest BCUT2D eigenvalue weighted by atomic mass is 10.1. The fraction of sp³-hybridized carbons (Fsp3) is 0.667. The first kappa shape index (κ1) is 11.5. The van der Waals surface area contributed by atoms with E-state index in [9.17, 15) is 0 Å². The van der Waals surface area contributed by atoms with Gasteiger partial charge in [0.05, 0.1) is 24.6 Å². The maximum atomic E-state index is 5.32. The maximum absolute atomic E-state index is 5.32. The number of aromatic nitrogens is 2. The number of morpholine rings is 1. The Morgan fingerprint density at radius 3 is 2.75 bits per heavy atom. The molecule has 88 valence electrons. The van der Waals surface area contributed by atoms with Crippen molar-refractivity contribution in [3.05, 3.63) is 23.8 Å². The fourth-order valence-electron chi connectivity index (χ4n) is 1.77. The third-order valence-corrected chi connectivity index (χ3v) is 2.78. The van der Waals surface area contributed by atoms with E-state index >= 15 is 0 Å². The standard InChI is InChI=1S/C12H19N3O/c1-10(2)12-8-13-7-11(14-12)9-15-3-5-16-6-4-15/h7-8,10H,3-6,9H2,1-2H3. The van der Waals surface area contributed by atoms with Gasteiger partial charge in [-0.25, -0.2) is 0 Å². The van der Waals surface area contributed by atoms with Crippen molar-refractivity contribution in [2.45, 2.75) is 26.3 Å². The lowest BCUT2D eigenvalue weighted by Crippen LogP contribution is -2.35. The van der Waals surface area contributed by atoms with E-state index in [1.54, 1.807) is 0 Å². The largest absolute Gasteiger partial charge is 0.379 e. The summed E-state index contributed by atoms with van der Waals surface area (Å²) in [4.78, 5) is 11.2. The molecule has 0 saturated carbocycles. The highest BCUT2D eigenvalue weighted by Crippen LogP contribution is 2.11. The molecular weight excluding hydrogens is 202 g/mol. The Balaban J connectivity index is 2.00. The van der Waals surface area contributed by atoms with Gasteiger partial charge >= 0.3 is 0 Å². The van der Waals surface area contributed by atoms with Gasteiger partial charge in [-0.05, 0) is 5.92 Å². The third-order valence-electron chi connectivity index (χ3n) is 2.78. The molecule has 0 N–H and O–H groups in total. The SMILES string of the molecule is CC(C)c1cncc(CN2CCOCC2)n1. The van der Waals surface area contributed by atoms with Crippen molar-refractivity contribution >= 4 is 0 Å². The Morgan fingerprint density at radius 1 is 1.31 bits per heavy atom. The second-order valence-corrected chi connectivity index (χ2v) is 4.48. The van der Waals surface area contributed by atoms with Gasteiger partial charge in [-0.1, -0.05) is 13.8 Å². The number of hydrogen-bond donors (Lipinski definition) is 0. The smallest absolute Gasteiger partial charge is 0.0730 e.